The van der Waals surface area contributed by atoms with E-state index in [1.807, 2.05) is 4.90 Å². The number of hydrogen-bond donors (Lipinski definition) is 1. The summed E-state index contributed by atoms with van der Waals surface area (Å²) in [5.41, 5.74) is -1.71. The minimum Gasteiger partial charge on any atom is -0.477 e. The fourth-order valence-electron chi connectivity index (χ4n) is 4.37. The van der Waals surface area contributed by atoms with E-state index in [2.05, 4.69) is 0 Å². The Morgan fingerprint density at radius 1 is 1.15 bits per heavy atom. The lowest BCUT2D eigenvalue weighted by Crippen LogP contribution is -2.46. The number of aromatic nitrogens is 1. The molecule has 5 rings (SSSR count). The zero-order valence-electron chi connectivity index (χ0n) is 17.8. The van der Waals surface area contributed by atoms with Crippen LogP contribution in [0.1, 0.15) is 40.8 Å². The number of nitrogens with zero attached hydrogens (tertiary/aromatic N) is 3. The van der Waals surface area contributed by atoms with Gasteiger partial charge in [-0.15, -0.1) is 0 Å². The van der Waals surface area contributed by atoms with Gasteiger partial charge in [-0.3, -0.25) is 9.69 Å². The third-order valence-electron chi connectivity index (χ3n) is 6.25. The zero-order chi connectivity index (χ0) is 23.4. The van der Waals surface area contributed by atoms with E-state index in [-0.39, 0.29) is 22.6 Å². The average molecular weight is 461 g/mol. The van der Waals surface area contributed by atoms with Crippen molar-refractivity contribution in [3.8, 4) is 0 Å². The molecular formula is C22H21F2N3O6. The molecule has 2 fully saturated rings. The van der Waals surface area contributed by atoms with E-state index in [0.717, 1.165) is 25.1 Å². The first-order valence-electron chi connectivity index (χ1n) is 10.6. The highest BCUT2D eigenvalue weighted by Gasteiger charge is 2.32. The number of benzene rings is 1. The number of halogens is 2. The van der Waals surface area contributed by atoms with Crippen LogP contribution >= 0.6 is 0 Å². The standard InChI is InChI=1S/C22H21F2N3O6/c1-11-16(33-22(31)32-11)10-25-4-6-26(7-5-25)19-15(23)8-13-18(17(19)24)27(12-2-3-12)9-14(20(13)28)21(29)30/h8-9,12H,2-7,10H2,1H3,(H,29,30). The maximum absolute atomic E-state index is 15.7. The molecule has 1 saturated heterocycles. The number of rotatable bonds is 5. The molecule has 1 aromatic carbocycles. The number of carbonyl (C=O) groups is 1. The second-order valence-corrected chi connectivity index (χ2v) is 8.43. The molecule has 11 heteroatoms. The molecule has 0 unspecified atom stereocenters. The molecule has 2 aromatic heterocycles. The fourth-order valence-corrected chi connectivity index (χ4v) is 4.37. The van der Waals surface area contributed by atoms with Gasteiger partial charge in [-0.1, -0.05) is 0 Å². The van der Waals surface area contributed by atoms with Gasteiger partial charge in [0.25, 0.3) is 0 Å². The first-order chi connectivity index (χ1) is 15.7. The van der Waals surface area contributed by atoms with E-state index >= 15 is 8.78 Å². The Morgan fingerprint density at radius 2 is 1.85 bits per heavy atom. The predicted octanol–water partition coefficient (Wildman–Crippen LogP) is 2.49. The summed E-state index contributed by atoms with van der Waals surface area (Å²) in [6.45, 7) is 3.50. The zero-order valence-corrected chi connectivity index (χ0v) is 17.8. The number of pyridine rings is 1. The van der Waals surface area contributed by atoms with E-state index < -0.39 is 34.4 Å². The Hall–Kier alpha value is -3.47. The summed E-state index contributed by atoms with van der Waals surface area (Å²) in [4.78, 5) is 38.9. The van der Waals surface area contributed by atoms with Crippen LogP contribution < -0.4 is 16.2 Å². The number of carboxylic acids is 1. The van der Waals surface area contributed by atoms with Gasteiger partial charge in [-0.25, -0.2) is 18.4 Å². The van der Waals surface area contributed by atoms with Gasteiger partial charge in [0.05, 0.1) is 17.4 Å². The minimum absolute atomic E-state index is 0.0675. The summed E-state index contributed by atoms with van der Waals surface area (Å²) >= 11 is 0. The Morgan fingerprint density at radius 3 is 2.42 bits per heavy atom. The summed E-state index contributed by atoms with van der Waals surface area (Å²) in [5, 5.41) is 9.08. The van der Waals surface area contributed by atoms with Gasteiger partial charge in [0.2, 0.25) is 5.43 Å². The van der Waals surface area contributed by atoms with Gasteiger partial charge in [0.1, 0.15) is 22.8 Å². The fraction of sp³-hybridized carbons (Fsp3) is 0.409. The Labute approximate surface area is 185 Å². The van der Waals surface area contributed by atoms with Crippen molar-refractivity contribution in [1.29, 1.82) is 0 Å². The minimum atomic E-state index is -1.43. The van der Waals surface area contributed by atoms with Crippen LogP contribution in [0.25, 0.3) is 10.9 Å². The molecule has 174 valence electrons. The average Bonchev–Trinajstić information content (AvgIpc) is 3.55. The number of carboxylic acid groups (broad SMARTS) is 1. The molecule has 3 heterocycles. The lowest BCUT2D eigenvalue weighted by atomic mass is 10.1. The van der Waals surface area contributed by atoms with Gasteiger partial charge in [-0.2, -0.15) is 0 Å². The van der Waals surface area contributed by atoms with Crippen LogP contribution in [0.4, 0.5) is 14.5 Å². The largest absolute Gasteiger partial charge is 0.519 e. The van der Waals surface area contributed by atoms with Gasteiger partial charge >= 0.3 is 11.8 Å². The lowest BCUT2D eigenvalue weighted by molar-refractivity contribution is 0.0694. The maximum Gasteiger partial charge on any atom is 0.519 e. The van der Waals surface area contributed by atoms with Crippen LogP contribution in [0.3, 0.4) is 0 Å². The van der Waals surface area contributed by atoms with E-state index in [9.17, 15) is 19.5 Å². The van der Waals surface area contributed by atoms with E-state index in [1.165, 1.54) is 4.57 Å². The molecule has 0 radical (unpaired) electrons. The SMILES string of the molecule is Cc1oc(=O)oc1CN1CCN(c2c(F)cc3c(=O)c(C(=O)O)cn(C4CC4)c3c2F)CC1. The molecule has 0 spiro atoms. The summed E-state index contributed by atoms with van der Waals surface area (Å²) in [6.07, 6.45) is 2.62. The second kappa shape index (κ2) is 7.84. The predicted molar refractivity (Wildman–Crippen MR) is 113 cm³/mol. The third kappa shape index (κ3) is 3.71. The summed E-state index contributed by atoms with van der Waals surface area (Å²) < 4.78 is 42.1. The summed E-state index contributed by atoms with van der Waals surface area (Å²) in [6, 6.07) is 0.820. The third-order valence-corrected chi connectivity index (χ3v) is 6.25. The van der Waals surface area contributed by atoms with Crippen molar-refractivity contribution in [3.05, 3.63) is 61.8 Å². The number of aromatic carboxylic acids is 1. The van der Waals surface area contributed by atoms with Crippen LogP contribution in [0.2, 0.25) is 0 Å². The summed E-state index contributed by atoms with van der Waals surface area (Å²) in [7, 11) is 0. The van der Waals surface area contributed by atoms with Crippen LogP contribution in [0, 0.1) is 18.6 Å². The smallest absolute Gasteiger partial charge is 0.477 e. The van der Waals surface area contributed by atoms with Crippen LogP contribution in [0.15, 0.2) is 30.7 Å². The van der Waals surface area contributed by atoms with Gasteiger partial charge in [0.15, 0.2) is 11.6 Å². The summed E-state index contributed by atoms with van der Waals surface area (Å²) in [5.74, 6) is -3.16. The molecule has 1 N–H and O–H groups in total. The van der Waals surface area contributed by atoms with Crippen LogP contribution in [0.5, 0.6) is 0 Å². The van der Waals surface area contributed by atoms with E-state index in [1.54, 1.807) is 11.8 Å². The van der Waals surface area contributed by atoms with E-state index in [0.29, 0.717) is 44.2 Å². The van der Waals surface area contributed by atoms with Gasteiger partial charge in [-0.05, 0) is 25.8 Å². The number of hydrogen-bond acceptors (Lipinski definition) is 7. The van der Waals surface area contributed by atoms with Crippen LogP contribution in [-0.2, 0) is 6.54 Å². The number of fused-ring (bicyclic) bond motifs is 1. The van der Waals surface area contributed by atoms with Crippen molar-refractivity contribution in [2.45, 2.75) is 32.4 Å². The Balaban J connectivity index is 1.48. The molecule has 3 aromatic rings. The van der Waals surface area contributed by atoms with Crippen molar-refractivity contribution in [2.24, 2.45) is 0 Å². The number of aryl methyl sites for hydroxylation is 1. The second-order valence-electron chi connectivity index (χ2n) is 8.43. The normalized spacial score (nSPS) is 17.1. The van der Waals surface area contributed by atoms with Crippen molar-refractivity contribution >= 4 is 22.6 Å². The molecule has 1 saturated carbocycles. The quantitative estimate of drug-likeness (QED) is 0.617. The van der Waals surface area contributed by atoms with Crippen molar-refractivity contribution in [3.63, 3.8) is 0 Å². The Kier molecular flexibility index (Phi) is 5.08. The van der Waals surface area contributed by atoms with Crippen molar-refractivity contribution in [2.75, 3.05) is 31.1 Å². The lowest BCUT2D eigenvalue weighted by Gasteiger charge is -2.36. The number of anilines is 1. The highest BCUT2D eigenvalue weighted by Crippen LogP contribution is 2.39. The molecule has 0 bridgehead atoms. The number of piperazine rings is 1. The molecule has 0 atom stereocenters. The van der Waals surface area contributed by atoms with E-state index in [4.69, 9.17) is 8.83 Å². The van der Waals surface area contributed by atoms with Gasteiger partial charge < -0.3 is 23.4 Å². The molecular weight excluding hydrogens is 440 g/mol. The molecule has 2 aliphatic rings. The van der Waals surface area contributed by atoms with Crippen molar-refractivity contribution in [1.82, 2.24) is 9.47 Å². The maximum atomic E-state index is 15.7. The first-order valence-corrected chi connectivity index (χ1v) is 10.6. The van der Waals surface area contributed by atoms with Crippen molar-refractivity contribution < 1.29 is 27.5 Å². The highest BCUT2D eigenvalue weighted by molar-refractivity contribution is 5.94. The van der Waals surface area contributed by atoms with Crippen LogP contribution in [-0.4, -0.2) is 46.7 Å². The molecule has 1 aliphatic heterocycles. The molecule has 0 amide bonds. The Bertz CT molecular complexity index is 1380. The molecule has 9 nitrogen and oxygen atoms in total. The topological polar surface area (TPSA) is 109 Å². The highest BCUT2D eigenvalue weighted by atomic mass is 19.1. The monoisotopic (exact) mass is 461 g/mol. The first kappa shape index (κ1) is 21.4. The molecule has 33 heavy (non-hydrogen) atoms. The molecule has 1 aliphatic carbocycles. The van der Waals surface area contributed by atoms with Gasteiger partial charge in [0, 0.05) is 38.4 Å².